The monoisotopic (exact) mass is 1310 g/mol. The van der Waals surface area contributed by atoms with E-state index in [-0.39, 0.29) is 20.1 Å². The molecule has 0 saturated heterocycles. The maximum atomic E-state index is 9.87. The van der Waals surface area contributed by atoms with Crippen LogP contribution < -0.4 is 0 Å². The SMILES string of the molecule is C1=CCC/C=C\CC1.F[P-](F)(F)(F)(F)F.F[P-](F)(F)(F)(F)F.F[P-](F)(F)(F)(F)F.F[P-](F)(F)(F)(F)F.PC1CCCCC1.PC1CCCCC1.PC1CCCCC1.[Ir].c1ccncc1. The first-order valence-electron chi connectivity index (χ1n) is 18.7. The molecule has 0 amide bonds. The smallest absolute Gasteiger partial charge is 0.0267 e. The van der Waals surface area contributed by atoms with Crippen molar-refractivity contribution in [1.82, 2.24) is 4.98 Å². The summed E-state index contributed by atoms with van der Waals surface area (Å²) in [5.41, 5.74) is 2.86. The Morgan fingerprint density at radius 2 is 0.453 bits per heavy atom. The molecule has 4 aliphatic carbocycles. The third-order valence-electron chi connectivity index (χ3n) is 6.85. The van der Waals surface area contributed by atoms with E-state index in [2.05, 4.69) is 57.0 Å². The average Bonchev–Trinajstić information content (AvgIpc) is 2.98. The second-order valence-electron chi connectivity index (χ2n) is 14.1. The van der Waals surface area contributed by atoms with E-state index in [1.807, 2.05) is 18.2 Å². The molecule has 0 spiro atoms. The molecule has 3 atom stereocenters. The van der Waals surface area contributed by atoms with E-state index in [0.29, 0.717) is 0 Å². The van der Waals surface area contributed by atoms with Gasteiger partial charge in [-0.1, -0.05) is 88.2 Å². The van der Waals surface area contributed by atoms with Crippen LogP contribution in [0.15, 0.2) is 54.9 Å². The van der Waals surface area contributed by atoms with E-state index < -0.39 is 31.2 Å². The second-order valence-corrected chi connectivity index (χ2v) is 24.6. The van der Waals surface area contributed by atoms with Crippen molar-refractivity contribution >= 4 is 59.0 Å². The Morgan fingerprint density at radius 1 is 0.297 bits per heavy atom. The summed E-state index contributed by atoms with van der Waals surface area (Å²) in [6.45, 7) is 0. The van der Waals surface area contributed by atoms with Gasteiger partial charge in [-0.2, -0.15) is 0 Å². The number of pyridine rings is 1. The van der Waals surface area contributed by atoms with Crippen LogP contribution in [0.25, 0.3) is 0 Å². The van der Waals surface area contributed by atoms with Crippen LogP contribution in [0, 0.1) is 0 Å². The predicted octanol–water partition coefficient (Wildman–Crippen LogP) is 23.9. The predicted molar refractivity (Wildman–Crippen MR) is 225 cm³/mol. The molecule has 3 fully saturated rings. The number of hydrogen-bond acceptors (Lipinski definition) is 1. The van der Waals surface area contributed by atoms with Crippen LogP contribution in [0.2, 0.25) is 0 Å². The summed E-state index contributed by atoms with van der Waals surface area (Å²) in [5.74, 6) is 0. The second kappa shape index (κ2) is 25.6. The summed E-state index contributed by atoms with van der Waals surface area (Å²) in [5, 5.41) is 0. The first-order chi connectivity index (χ1) is 27.0. The summed E-state index contributed by atoms with van der Waals surface area (Å²) in [4.78, 5) is 3.78. The van der Waals surface area contributed by atoms with Crippen molar-refractivity contribution in [2.75, 3.05) is 0 Å². The minimum absolute atomic E-state index is 0. The van der Waals surface area contributed by atoms with Gasteiger partial charge in [0.25, 0.3) is 0 Å². The van der Waals surface area contributed by atoms with Crippen LogP contribution >= 0.6 is 59.0 Å². The molecule has 0 aliphatic heterocycles. The molecule has 0 aromatic carbocycles. The zero-order valence-electron chi connectivity index (χ0n) is 33.7. The summed E-state index contributed by atoms with van der Waals surface area (Å²) in [6, 6.07) is 5.72. The quantitative estimate of drug-likeness (QED) is 0.143. The molecule has 33 heteroatoms. The maximum absolute atomic E-state index is 10.7. The van der Waals surface area contributed by atoms with Crippen LogP contribution in [-0.4, -0.2) is 22.0 Å². The number of nitrogens with zero attached hydrogens (tertiary/aromatic N) is 1. The zero-order chi connectivity index (χ0) is 50.9. The van der Waals surface area contributed by atoms with E-state index >= 15 is 0 Å². The van der Waals surface area contributed by atoms with Crippen molar-refractivity contribution in [3.05, 3.63) is 54.9 Å². The van der Waals surface area contributed by atoms with Gasteiger partial charge < -0.3 is 0 Å². The summed E-state index contributed by atoms with van der Waals surface area (Å²) in [6.07, 6.45) is 39.4. The average molecular weight is 1310 g/mol. The molecule has 1 nitrogen and oxygen atoms in total. The molecule has 0 bridgehead atoms. The number of hydrogen-bond donors (Lipinski definition) is 0. The van der Waals surface area contributed by atoms with Crippen LogP contribution in [0.4, 0.5) is 101 Å². The van der Waals surface area contributed by atoms with E-state index in [1.54, 1.807) is 12.4 Å². The molecule has 1 aromatic rings. The Labute approximate surface area is 377 Å². The van der Waals surface area contributed by atoms with Crippen molar-refractivity contribution in [2.45, 2.75) is 139 Å². The normalized spacial score (nSPS) is 22.2. The Balaban J connectivity index is -0.000000204. The van der Waals surface area contributed by atoms with E-state index in [1.165, 1.54) is 122 Å². The van der Waals surface area contributed by atoms with Gasteiger partial charge in [-0.3, -0.25) is 4.98 Å². The van der Waals surface area contributed by atoms with Crippen LogP contribution in [0.1, 0.15) is 122 Å². The molecule has 3 saturated carbocycles. The van der Waals surface area contributed by atoms with Crippen molar-refractivity contribution in [3.8, 4) is 0 Å². The minimum Gasteiger partial charge on any atom is -0.265 e. The van der Waals surface area contributed by atoms with Crippen LogP contribution in [-0.2, 0) is 20.1 Å². The van der Waals surface area contributed by atoms with Gasteiger partial charge in [0, 0.05) is 32.5 Å². The largest absolute Gasteiger partial charge is 0.265 e. The Kier molecular flexibility index (Phi) is 29.5. The van der Waals surface area contributed by atoms with E-state index in [9.17, 15) is 101 Å². The van der Waals surface area contributed by atoms with Crippen molar-refractivity contribution in [1.29, 1.82) is 0 Å². The standard InChI is InChI=1S/C8H12.3C6H13P.C5H5N.4F6P.Ir/c1-2-4-6-8-7-5-3-1;3*7-6-4-2-1-3-5-6;1-2-4-6-5-3-1;4*1-7(2,3,4,5)6;/h1-2,7-8H,3-6H2;3*6H,1-5,7H2;1-5H;;;;;/q;;;;;4*-1;/b2-1-,8-7?;;;;;;;;;. The molecule has 401 valence electrons. The van der Waals surface area contributed by atoms with Gasteiger partial charge in [-0.25, -0.2) is 0 Å². The third-order valence-corrected chi connectivity index (χ3v) is 8.85. The molecular weight excluding hydrogens is 1250 g/mol. The molecule has 1 heterocycles. The molecule has 1 aromatic heterocycles. The van der Waals surface area contributed by atoms with Gasteiger partial charge in [0.2, 0.25) is 0 Å². The zero-order valence-corrected chi connectivity index (χ0v) is 43.2. The summed E-state index contributed by atoms with van der Waals surface area (Å²) in [7, 11) is -33.9. The first-order valence-corrected chi connectivity index (χ1v) is 28.8. The van der Waals surface area contributed by atoms with Crippen molar-refractivity contribution < 1.29 is 121 Å². The number of rotatable bonds is 0. The van der Waals surface area contributed by atoms with Gasteiger partial charge in [-0.05, 0) is 93.3 Å². The molecule has 4 aliphatic rings. The van der Waals surface area contributed by atoms with Crippen molar-refractivity contribution in [2.24, 2.45) is 0 Å². The molecule has 64 heavy (non-hydrogen) atoms. The molecule has 5 rings (SSSR count). The first kappa shape index (κ1) is 73.6. The number of aromatic nitrogens is 1. The fraction of sp³-hybridized carbons (Fsp3) is 0.710. The molecule has 1 radical (unpaired) electrons. The Hall–Kier alpha value is 0.609. The topological polar surface area (TPSA) is 12.9 Å². The Bertz CT molecular complexity index is 1160. The van der Waals surface area contributed by atoms with Crippen LogP contribution in [0.3, 0.4) is 0 Å². The fourth-order valence-electron chi connectivity index (χ4n) is 4.57. The summed E-state index contributed by atoms with van der Waals surface area (Å²) < 4.78 is 237. The van der Waals surface area contributed by atoms with Crippen molar-refractivity contribution in [3.63, 3.8) is 0 Å². The number of halogens is 24. The van der Waals surface area contributed by atoms with Gasteiger partial charge in [0.1, 0.15) is 0 Å². The Morgan fingerprint density at radius 3 is 0.531 bits per heavy atom. The third kappa shape index (κ3) is 159. The minimum atomic E-state index is -10.7. The molecule has 0 N–H and O–H groups in total. The number of allylic oxidation sites excluding steroid dienone is 4. The maximum Gasteiger partial charge on any atom is 0.0267 e. The van der Waals surface area contributed by atoms with Gasteiger partial charge in [0.05, 0.1) is 0 Å². The van der Waals surface area contributed by atoms with E-state index in [4.69, 9.17) is 0 Å². The van der Waals surface area contributed by atoms with Gasteiger partial charge in [0.15, 0.2) is 0 Å². The fourth-order valence-corrected chi connectivity index (χ4v) is 5.99. The van der Waals surface area contributed by atoms with Gasteiger partial charge in [-0.15, -0.1) is 27.7 Å². The van der Waals surface area contributed by atoms with E-state index in [0.717, 1.165) is 17.0 Å². The summed E-state index contributed by atoms with van der Waals surface area (Å²) >= 11 is 0. The van der Waals surface area contributed by atoms with Crippen LogP contribution in [0.5, 0.6) is 0 Å². The molecule has 3 unspecified atom stereocenters. The molecular formula is C31H56F24IrNP7-4. The van der Waals surface area contributed by atoms with Gasteiger partial charge >= 0.3 is 132 Å².